The zero-order chi connectivity index (χ0) is 16.5. The smallest absolute Gasteiger partial charge is 0.270 e. The fraction of sp³-hybridized carbons (Fsp3) is 0.500. The van der Waals surface area contributed by atoms with E-state index in [0.29, 0.717) is 12.4 Å². The second kappa shape index (κ2) is 6.43. The van der Waals surface area contributed by atoms with Crippen LogP contribution in [0.2, 0.25) is 0 Å². The van der Waals surface area contributed by atoms with Crippen LogP contribution >= 0.6 is 11.8 Å². The van der Waals surface area contributed by atoms with E-state index in [1.165, 1.54) is 5.57 Å². The Balaban J connectivity index is 1.65. The van der Waals surface area contributed by atoms with Crippen LogP contribution in [0.25, 0.3) is 11.4 Å². The highest BCUT2D eigenvalue weighted by Crippen LogP contribution is 2.30. The highest BCUT2D eigenvalue weighted by molar-refractivity contribution is 7.99. The van der Waals surface area contributed by atoms with Crippen LogP contribution in [0.4, 0.5) is 0 Å². The second-order valence-corrected chi connectivity index (χ2v) is 7.30. The van der Waals surface area contributed by atoms with Crippen LogP contribution in [0, 0.1) is 0 Å². The largest absolute Gasteiger partial charge is 0.340 e. The Morgan fingerprint density at radius 3 is 3.12 bits per heavy atom. The van der Waals surface area contributed by atoms with Gasteiger partial charge in [-0.1, -0.05) is 6.08 Å². The average molecular weight is 344 g/mol. The molecule has 0 spiro atoms. The SMILES string of the molecule is CN(CC1=CCSC1)C(=O)c1cc(-c2nn[nH]n2)c2n1CCCC2. The van der Waals surface area contributed by atoms with Gasteiger partial charge in [-0.3, -0.25) is 4.79 Å². The highest BCUT2D eigenvalue weighted by atomic mass is 32.2. The molecule has 0 aromatic carbocycles. The summed E-state index contributed by atoms with van der Waals surface area (Å²) in [7, 11) is 1.88. The topological polar surface area (TPSA) is 79.7 Å². The number of thioether (sulfide) groups is 1. The number of H-pyrrole nitrogens is 1. The Labute approximate surface area is 144 Å². The number of amides is 1. The van der Waals surface area contributed by atoms with Gasteiger partial charge in [0.15, 0.2) is 0 Å². The van der Waals surface area contributed by atoms with Crippen molar-refractivity contribution in [2.45, 2.75) is 25.8 Å². The summed E-state index contributed by atoms with van der Waals surface area (Å²) in [4.78, 5) is 14.8. The van der Waals surface area contributed by atoms with Crippen molar-refractivity contribution in [3.8, 4) is 11.4 Å². The summed E-state index contributed by atoms with van der Waals surface area (Å²) in [5.74, 6) is 2.71. The predicted octanol–water partition coefficient (Wildman–Crippen LogP) is 1.75. The molecule has 0 fully saturated rings. The molecule has 4 heterocycles. The van der Waals surface area contributed by atoms with Crippen LogP contribution < -0.4 is 0 Å². The second-order valence-electron chi connectivity index (χ2n) is 6.27. The lowest BCUT2D eigenvalue weighted by molar-refractivity contribution is 0.0795. The van der Waals surface area contributed by atoms with Gasteiger partial charge in [-0.05, 0) is 36.1 Å². The fourth-order valence-electron chi connectivity index (χ4n) is 3.43. The maximum Gasteiger partial charge on any atom is 0.270 e. The van der Waals surface area contributed by atoms with Crippen LogP contribution in [-0.4, -0.2) is 61.1 Å². The third-order valence-electron chi connectivity index (χ3n) is 4.62. The molecule has 0 bridgehead atoms. The molecule has 126 valence electrons. The molecular formula is C16H20N6OS. The van der Waals surface area contributed by atoms with Crippen LogP contribution in [-0.2, 0) is 13.0 Å². The van der Waals surface area contributed by atoms with E-state index in [1.807, 2.05) is 29.8 Å². The van der Waals surface area contributed by atoms with Crippen molar-refractivity contribution in [3.63, 3.8) is 0 Å². The first-order valence-electron chi connectivity index (χ1n) is 8.21. The van der Waals surface area contributed by atoms with Gasteiger partial charge in [0.25, 0.3) is 5.91 Å². The third-order valence-corrected chi connectivity index (χ3v) is 5.60. The quantitative estimate of drug-likeness (QED) is 0.855. The molecule has 2 aromatic rings. The number of fused-ring (bicyclic) bond motifs is 1. The molecule has 4 rings (SSSR count). The number of likely N-dealkylation sites (N-methyl/N-ethyl adjacent to an activating group) is 1. The van der Waals surface area contributed by atoms with E-state index in [1.54, 1.807) is 0 Å². The number of aromatic amines is 1. The summed E-state index contributed by atoms with van der Waals surface area (Å²) < 4.78 is 2.14. The molecule has 0 aliphatic carbocycles. The van der Waals surface area contributed by atoms with Gasteiger partial charge in [0.2, 0.25) is 5.82 Å². The van der Waals surface area contributed by atoms with Gasteiger partial charge in [0, 0.05) is 42.9 Å². The van der Waals surface area contributed by atoms with Gasteiger partial charge in [0.1, 0.15) is 5.69 Å². The van der Waals surface area contributed by atoms with Gasteiger partial charge in [-0.15, -0.1) is 10.2 Å². The maximum absolute atomic E-state index is 13.0. The molecular weight excluding hydrogens is 324 g/mol. The Morgan fingerprint density at radius 1 is 1.46 bits per heavy atom. The van der Waals surface area contributed by atoms with Crippen LogP contribution in [0.3, 0.4) is 0 Å². The standard InChI is InChI=1S/C16H20N6OS/c1-21(9-11-5-7-24-10-11)16(23)14-8-12(15-17-19-20-18-15)13-4-2-3-6-22(13)14/h5,8H,2-4,6-7,9-10H2,1H3,(H,17,18,19,20). The molecule has 1 amide bonds. The monoisotopic (exact) mass is 344 g/mol. The molecule has 0 unspecified atom stereocenters. The molecule has 2 aliphatic heterocycles. The Morgan fingerprint density at radius 2 is 2.38 bits per heavy atom. The maximum atomic E-state index is 13.0. The summed E-state index contributed by atoms with van der Waals surface area (Å²) in [6, 6.07) is 1.93. The Kier molecular flexibility index (Phi) is 4.13. The number of hydrogen-bond acceptors (Lipinski definition) is 5. The molecule has 2 aromatic heterocycles. The summed E-state index contributed by atoms with van der Waals surface area (Å²) in [6.07, 6.45) is 5.40. The molecule has 2 aliphatic rings. The molecule has 0 saturated heterocycles. The van der Waals surface area contributed by atoms with Crippen molar-refractivity contribution in [3.05, 3.63) is 29.1 Å². The summed E-state index contributed by atoms with van der Waals surface area (Å²) in [5.41, 5.74) is 4.14. The van der Waals surface area contributed by atoms with Gasteiger partial charge in [-0.25, -0.2) is 0 Å². The number of carbonyl (C=O) groups excluding carboxylic acids is 1. The Hall–Kier alpha value is -2.09. The zero-order valence-corrected chi connectivity index (χ0v) is 14.5. The first-order valence-corrected chi connectivity index (χ1v) is 9.37. The molecule has 8 heteroatoms. The number of rotatable bonds is 4. The first-order chi connectivity index (χ1) is 11.7. The van der Waals surface area contributed by atoms with Crippen molar-refractivity contribution in [1.29, 1.82) is 0 Å². The van der Waals surface area contributed by atoms with Crippen molar-refractivity contribution >= 4 is 17.7 Å². The van der Waals surface area contributed by atoms with E-state index in [-0.39, 0.29) is 5.91 Å². The Bertz CT molecular complexity index is 779. The number of nitrogens with one attached hydrogen (secondary N) is 1. The predicted molar refractivity (Wildman–Crippen MR) is 92.9 cm³/mol. The number of hydrogen-bond donors (Lipinski definition) is 1. The average Bonchev–Trinajstić information content (AvgIpc) is 3.34. The molecule has 0 saturated carbocycles. The summed E-state index contributed by atoms with van der Waals surface area (Å²) in [5, 5.41) is 14.4. The van der Waals surface area contributed by atoms with Crippen LogP contribution in [0.5, 0.6) is 0 Å². The number of aromatic nitrogens is 5. The van der Waals surface area contributed by atoms with Crippen LogP contribution in [0.1, 0.15) is 29.0 Å². The van der Waals surface area contributed by atoms with E-state index in [0.717, 1.165) is 54.3 Å². The summed E-state index contributed by atoms with van der Waals surface area (Å²) in [6.45, 7) is 1.57. The van der Waals surface area contributed by atoms with E-state index in [9.17, 15) is 4.79 Å². The van der Waals surface area contributed by atoms with Crippen molar-refractivity contribution < 1.29 is 4.79 Å². The minimum Gasteiger partial charge on any atom is -0.340 e. The molecule has 24 heavy (non-hydrogen) atoms. The van der Waals surface area contributed by atoms with E-state index in [2.05, 4.69) is 31.3 Å². The minimum absolute atomic E-state index is 0.0608. The molecule has 7 nitrogen and oxygen atoms in total. The lowest BCUT2D eigenvalue weighted by Gasteiger charge is -2.22. The van der Waals surface area contributed by atoms with Gasteiger partial charge < -0.3 is 9.47 Å². The van der Waals surface area contributed by atoms with Crippen molar-refractivity contribution in [2.24, 2.45) is 0 Å². The highest BCUT2D eigenvalue weighted by Gasteiger charge is 2.26. The van der Waals surface area contributed by atoms with Crippen molar-refractivity contribution in [1.82, 2.24) is 30.1 Å². The summed E-state index contributed by atoms with van der Waals surface area (Å²) >= 11 is 1.89. The van der Waals surface area contributed by atoms with E-state index >= 15 is 0 Å². The van der Waals surface area contributed by atoms with Gasteiger partial charge in [-0.2, -0.15) is 17.0 Å². The lowest BCUT2D eigenvalue weighted by atomic mass is 10.1. The molecule has 0 radical (unpaired) electrons. The minimum atomic E-state index is 0.0608. The number of tetrazole rings is 1. The van der Waals surface area contributed by atoms with Gasteiger partial charge >= 0.3 is 0 Å². The molecule has 1 N–H and O–H groups in total. The molecule has 0 atom stereocenters. The third kappa shape index (κ3) is 2.75. The normalized spacial score (nSPS) is 16.8. The van der Waals surface area contributed by atoms with E-state index in [4.69, 9.17) is 0 Å². The fourth-order valence-corrected chi connectivity index (χ4v) is 4.37. The number of carbonyl (C=O) groups is 1. The first kappa shape index (κ1) is 15.4. The lowest BCUT2D eigenvalue weighted by Crippen LogP contribution is -2.31. The van der Waals surface area contributed by atoms with Crippen molar-refractivity contribution in [2.75, 3.05) is 25.1 Å². The van der Waals surface area contributed by atoms with Crippen LogP contribution in [0.15, 0.2) is 17.7 Å². The van der Waals surface area contributed by atoms with E-state index < -0.39 is 0 Å². The zero-order valence-electron chi connectivity index (χ0n) is 13.7. The number of nitrogens with zero attached hydrogens (tertiary/aromatic N) is 5. The van der Waals surface area contributed by atoms with Gasteiger partial charge in [0.05, 0.1) is 0 Å².